The molecule has 17 heavy (non-hydrogen) atoms. The number of rotatable bonds is 5. The largest absolute Gasteiger partial charge is 0.453 e. The first kappa shape index (κ1) is 14.7. The standard InChI is InChI=1S/C11H18O4S2/c1-3-8(2)11(13)14-6-9(12)15-10-7-16-4-5-17-10/h8,10H,3-7H2,1-2H3. The Morgan fingerprint density at radius 3 is 2.76 bits per heavy atom. The third kappa shape index (κ3) is 5.68. The zero-order valence-corrected chi connectivity index (χ0v) is 11.8. The van der Waals surface area contributed by atoms with E-state index in [1.165, 1.54) is 0 Å². The lowest BCUT2D eigenvalue weighted by Crippen LogP contribution is -2.26. The third-order valence-electron chi connectivity index (χ3n) is 2.40. The highest BCUT2D eigenvalue weighted by Crippen LogP contribution is 2.24. The Balaban J connectivity index is 2.18. The van der Waals surface area contributed by atoms with Crippen molar-refractivity contribution in [2.45, 2.75) is 25.7 Å². The smallest absolute Gasteiger partial charge is 0.345 e. The van der Waals surface area contributed by atoms with Crippen LogP contribution in [-0.4, -0.2) is 41.2 Å². The van der Waals surface area contributed by atoms with Gasteiger partial charge in [0, 0.05) is 17.3 Å². The van der Waals surface area contributed by atoms with Crippen molar-refractivity contribution in [1.29, 1.82) is 0 Å². The number of carbonyl (C=O) groups is 2. The molecule has 0 aromatic rings. The summed E-state index contributed by atoms with van der Waals surface area (Å²) >= 11 is 3.40. The maximum absolute atomic E-state index is 11.4. The van der Waals surface area contributed by atoms with Gasteiger partial charge in [0.05, 0.1) is 5.92 Å². The molecule has 0 aromatic carbocycles. The molecule has 0 spiro atoms. The van der Waals surface area contributed by atoms with Gasteiger partial charge in [0.2, 0.25) is 0 Å². The van der Waals surface area contributed by atoms with Crippen LogP contribution >= 0.6 is 23.5 Å². The van der Waals surface area contributed by atoms with Crippen LogP contribution in [0.3, 0.4) is 0 Å². The van der Waals surface area contributed by atoms with Crippen molar-refractivity contribution in [2.75, 3.05) is 23.9 Å². The molecule has 98 valence electrons. The molecule has 1 aliphatic heterocycles. The molecule has 1 aliphatic rings. The van der Waals surface area contributed by atoms with E-state index < -0.39 is 5.97 Å². The van der Waals surface area contributed by atoms with Crippen LogP contribution in [0, 0.1) is 5.92 Å². The van der Waals surface area contributed by atoms with Gasteiger partial charge in [-0.15, -0.1) is 11.8 Å². The van der Waals surface area contributed by atoms with Crippen LogP contribution < -0.4 is 0 Å². The van der Waals surface area contributed by atoms with Gasteiger partial charge in [0.25, 0.3) is 0 Å². The maximum Gasteiger partial charge on any atom is 0.345 e. The molecule has 4 nitrogen and oxygen atoms in total. The molecule has 0 amide bonds. The summed E-state index contributed by atoms with van der Waals surface area (Å²) < 4.78 is 10.0. The van der Waals surface area contributed by atoms with E-state index in [2.05, 4.69) is 0 Å². The summed E-state index contributed by atoms with van der Waals surface area (Å²) in [7, 11) is 0. The van der Waals surface area contributed by atoms with Crippen molar-refractivity contribution >= 4 is 35.5 Å². The van der Waals surface area contributed by atoms with Crippen LogP contribution in [0.4, 0.5) is 0 Å². The number of thioether (sulfide) groups is 2. The van der Waals surface area contributed by atoms with Crippen LogP contribution in [0.25, 0.3) is 0 Å². The van der Waals surface area contributed by atoms with Crippen molar-refractivity contribution in [3.05, 3.63) is 0 Å². The summed E-state index contributed by atoms with van der Waals surface area (Å²) in [4.78, 5) is 22.7. The molecule has 1 rings (SSSR count). The van der Waals surface area contributed by atoms with E-state index in [4.69, 9.17) is 9.47 Å². The summed E-state index contributed by atoms with van der Waals surface area (Å²) in [6.45, 7) is 3.41. The topological polar surface area (TPSA) is 52.6 Å². The molecule has 0 bridgehead atoms. The van der Waals surface area contributed by atoms with Gasteiger partial charge in [-0.3, -0.25) is 4.79 Å². The van der Waals surface area contributed by atoms with Gasteiger partial charge >= 0.3 is 11.9 Å². The van der Waals surface area contributed by atoms with Crippen LogP contribution in [0.2, 0.25) is 0 Å². The summed E-state index contributed by atoms with van der Waals surface area (Å²) in [5.74, 6) is 1.95. The van der Waals surface area contributed by atoms with Crippen LogP contribution in [0.15, 0.2) is 0 Å². The summed E-state index contributed by atoms with van der Waals surface area (Å²) in [5.41, 5.74) is -0.0939. The fourth-order valence-corrected chi connectivity index (χ4v) is 3.55. The molecular formula is C11H18O4S2. The van der Waals surface area contributed by atoms with Crippen molar-refractivity contribution in [3.63, 3.8) is 0 Å². The van der Waals surface area contributed by atoms with Crippen LogP contribution in [-0.2, 0) is 19.1 Å². The number of hydrogen-bond donors (Lipinski definition) is 0. The summed E-state index contributed by atoms with van der Waals surface area (Å²) in [6, 6.07) is 0. The van der Waals surface area contributed by atoms with Crippen molar-refractivity contribution in [3.8, 4) is 0 Å². The highest BCUT2D eigenvalue weighted by molar-refractivity contribution is 8.06. The average Bonchev–Trinajstić information content (AvgIpc) is 2.36. The van der Waals surface area contributed by atoms with Crippen LogP contribution in [0.5, 0.6) is 0 Å². The number of carbonyl (C=O) groups excluding carboxylic acids is 2. The van der Waals surface area contributed by atoms with E-state index in [1.807, 2.05) is 6.92 Å². The monoisotopic (exact) mass is 278 g/mol. The van der Waals surface area contributed by atoms with E-state index in [-0.39, 0.29) is 23.9 Å². The molecule has 0 saturated carbocycles. The normalized spacial score (nSPS) is 21.6. The number of ether oxygens (including phenoxy) is 2. The second kappa shape index (κ2) is 7.87. The first-order valence-electron chi connectivity index (χ1n) is 5.69. The minimum absolute atomic E-state index is 0.0939. The highest BCUT2D eigenvalue weighted by Gasteiger charge is 2.20. The third-order valence-corrected chi connectivity index (χ3v) is 4.97. The zero-order valence-electron chi connectivity index (χ0n) is 10.1. The molecular weight excluding hydrogens is 260 g/mol. The molecule has 2 atom stereocenters. The van der Waals surface area contributed by atoms with E-state index >= 15 is 0 Å². The van der Waals surface area contributed by atoms with Gasteiger partial charge < -0.3 is 9.47 Å². The van der Waals surface area contributed by atoms with Gasteiger partial charge in [-0.05, 0) is 6.42 Å². The van der Waals surface area contributed by atoms with Gasteiger partial charge in [-0.1, -0.05) is 13.8 Å². The number of hydrogen-bond acceptors (Lipinski definition) is 6. The predicted octanol–water partition coefficient (Wildman–Crippen LogP) is 1.92. The van der Waals surface area contributed by atoms with Gasteiger partial charge in [-0.25, -0.2) is 4.79 Å². The van der Waals surface area contributed by atoms with Crippen LogP contribution in [0.1, 0.15) is 20.3 Å². The minimum atomic E-state index is -0.457. The molecule has 2 unspecified atom stereocenters. The van der Waals surface area contributed by atoms with Gasteiger partial charge in [-0.2, -0.15) is 11.8 Å². The molecule has 0 aliphatic carbocycles. The molecule has 0 N–H and O–H groups in total. The predicted molar refractivity (Wildman–Crippen MR) is 70.1 cm³/mol. The van der Waals surface area contributed by atoms with E-state index in [1.54, 1.807) is 30.4 Å². The Hall–Kier alpha value is -0.360. The fourth-order valence-electron chi connectivity index (χ4n) is 1.15. The van der Waals surface area contributed by atoms with Crippen molar-refractivity contribution < 1.29 is 19.1 Å². The first-order valence-corrected chi connectivity index (χ1v) is 7.89. The van der Waals surface area contributed by atoms with Gasteiger partial charge in [0.1, 0.15) is 0 Å². The first-order chi connectivity index (χ1) is 8.13. The lowest BCUT2D eigenvalue weighted by atomic mass is 10.1. The SMILES string of the molecule is CCC(C)C(=O)OCC(=O)OC1CSCCS1. The van der Waals surface area contributed by atoms with E-state index in [9.17, 15) is 9.59 Å². The summed E-state index contributed by atoms with van der Waals surface area (Å²) in [6.07, 6.45) is 0.711. The Morgan fingerprint density at radius 1 is 1.41 bits per heavy atom. The Kier molecular flexibility index (Phi) is 6.80. The Labute approximate surface area is 110 Å². The highest BCUT2D eigenvalue weighted by atomic mass is 32.2. The Morgan fingerprint density at radius 2 is 2.18 bits per heavy atom. The minimum Gasteiger partial charge on any atom is -0.453 e. The zero-order chi connectivity index (χ0) is 12.7. The Bertz CT molecular complexity index is 264. The molecule has 1 saturated heterocycles. The quantitative estimate of drug-likeness (QED) is 0.716. The van der Waals surface area contributed by atoms with E-state index in [0.29, 0.717) is 6.42 Å². The fraction of sp³-hybridized carbons (Fsp3) is 0.818. The number of esters is 2. The van der Waals surface area contributed by atoms with Gasteiger partial charge in [0.15, 0.2) is 12.0 Å². The second-order valence-electron chi connectivity index (χ2n) is 3.78. The van der Waals surface area contributed by atoms with Crippen molar-refractivity contribution in [2.24, 2.45) is 5.92 Å². The van der Waals surface area contributed by atoms with Crippen molar-refractivity contribution in [1.82, 2.24) is 0 Å². The molecule has 0 radical (unpaired) electrons. The lowest BCUT2D eigenvalue weighted by molar-refractivity contribution is -0.161. The summed E-state index contributed by atoms with van der Waals surface area (Å²) in [5, 5.41) is 0. The molecule has 6 heteroatoms. The molecule has 1 heterocycles. The molecule has 1 fully saturated rings. The average molecular weight is 278 g/mol. The van der Waals surface area contributed by atoms with E-state index in [0.717, 1.165) is 17.3 Å². The maximum atomic E-state index is 11.4. The second-order valence-corrected chi connectivity index (χ2v) is 6.20. The molecule has 0 aromatic heterocycles. The lowest BCUT2D eigenvalue weighted by Gasteiger charge is -2.21.